The Morgan fingerprint density at radius 1 is 1.43 bits per heavy atom. The molecule has 1 saturated carbocycles. The van der Waals surface area contributed by atoms with Crippen LogP contribution in [0.1, 0.15) is 39.5 Å². The van der Waals surface area contributed by atoms with E-state index in [4.69, 9.17) is 5.73 Å². The Kier molecular flexibility index (Phi) is 5.39. The fraction of sp³-hybridized carbons (Fsp3) is 0.562. The molecule has 0 heterocycles. The lowest BCUT2D eigenvalue weighted by Gasteiger charge is -2.27. The van der Waals surface area contributed by atoms with Crippen LogP contribution in [0.4, 0.5) is 11.4 Å². The van der Waals surface area contributed by atoms with E-state index >= 15 is 0 Å². The summed E-state index contributed by atoms with van der Waals surface area (Å²) in [6, 6.07) is 7.04. The first-order valence-corrected chi connectivity index (χ1v) is 8.80. The van der Waals surface area contributed by atoms with Gasteiger partial charge in [-0.15, -0.1) is 0 Å². The fourth-order valence-corrected chi connectivity index (χ4v) is 4.61. The summed E-state index contributed by atoms with van der Waals surface area (Å²) in [6.45, 7) is 3.94. The molecule has 4 unspecified atom stereocenters. The highest BCUT2D eigenvalue weighted by molar-refractivity contribution is 7.87. The van der Waals surface area contributed by atoms with Crippen molar-refractivity contribution in [3.05, 3.63) is 24.3 Å². The Labute approximate surface area is 129 Å². The minimum Gasteiger partial charge on any atom is -0.399 e. The zero-order valence-corrected chi connectivity index (χ0v) is 13.5. The molecule has 0 aliphatic heterocycles. The van der Waals surface area contributed by atoms with E-state index < -0.39 is 16.0 Å². The van der Waals surface area contributed by atoms with Gasteiger partial charge in [-0.05, 0) is 43.9 Å². The van der Waals surface area contributed by atoms with E-state index in [-0.39, 0.29) is 11.2 Å². The average molecular weight is 308 g/mol. The smallest absolute Gasteiger partial charge is 0.239 e. The van der Waals surface area contributed by atoms with Gasteiger partial charge in [-0.3, -0.25) is 9.00 Å². The molecule has 116 valence electrons. The molecule has 1 fully saturated rings. The van der Waals surface area contributed by atoms with Gasteiger partial charge in [-0.1, -0.05) is 25.8 Å². The highest BCUT2D eigenvalue weighted by atomic mass is 32.2. The zero-order valence-electron chi connectivity index (χ0n) is 12.7. The minimum atomic E-state index is -1.12. The molecule has 2 rings (SSSR count). The summed E-state index contributed by atoms with van der Waals surface area (Å²) in [6.07, 6.45) is 4.24. The van der Waals surface area contributed by atoms with Crippen LogP contribution in [0, 0.1) is 5.92 Å². The third-order valence-corrected chi connectivity index (χ3v) is 6.08. The first-order chi connectivity index (χ1) is 9.97. The van der Waals surface area contributed by atoms with Crippen LogP contribution in [0.2, 0.25) is 0 Å². The quantitative estimate of drug-likeness (QED) is 0.840. The van der Waals surface area contributed by atoms with Crippen LogP contribution < -0.4 is 11.1 Å². The lowest BCUT2D eigenvalue weighted by molar-refractivity contribution is -0.115. The van der Waals surface area contributed by atoms with Gasteiger partial charge in [-0.25, -0.2) is 0 Å². The number of nitrogens with one attached hydrogen (secondary N) is 1. The average Bonchev–Trinajstić information content (AvgIpc) is 2.45. The normalized spacial score (nSPS) is 25.0. The summed E-state index contributed by atoms with van der Waals surface area (Å²) in [5.41, 5.74) is 6.94. The van der Waals surface area contributed by atoms with Gasteiger partial charge in [0, 0.05) is 27.4 Å². The second-order valence-corrected chi connectivity index (χ2v) is 8.01. The van der Waals surface area contributed by atoms with Gasteiger partial charge in [0.1, 0.15) is 5.25 Å². The lowest BCUT2D eigenvalue weighted by atomic mass is 9.91. The summed E-state index contributed by atoms with van der Waals surface area (Å²) in [5.74, 6) is 0.411. The predicted molar refractivity (Wildman–Crippen MR) is 88.5 cm³/mol. The molecule has 0 radical (unpaired) electrons. The van der Waals surface area contributed by atoms with Crippen molar-refractivity contribution in [2.45, 2.75) is 50.0 Å². The number of nitrogen functional groups attached to an aromatic ring is 1. The van der Waals surface area contributed by atoms with Crippen molar-refractivity contribution in [3.63, 3.8) is 0 Å². The van der Waals surface area contributed by atoms with Crippen molar-refractivity contribution in [3.8, 4) is 0 Å². The molecule has 1 amide bonds. The largest absolute Gasteiger partial charge is 0.399 e. The Bertz CT molecular complexity index is 533. The first kappa shape index (κ1) is 16.0. The van der Waals surface area contributed by atoms with Crippen LogP contribution >= 0.6 is 0 Å². The summed E-state index contributed by atoms with van der Waals surface area (Å²) < 4.78 is 12.6. The van der Waals surface area contributed by atoms with Crippen LogP contribution in [0.15, 0.2) is 24.3 Å². The standard InChI is InChI=1S/C16H24N2O2S/c1-11-5-3-8-15(9-11)21(20)12(2)16(19)18-14-7-4-6-13(17)10-14/h4,6-7,10-12,15H,3,5,8-9,17H2,1-2H3,(H,18,19). The van der Waals surface area contributed by atoms with E-state index in [1.165, 1.54) is 6.42 Å². The summed E-state index contributed by atoms with van der Waals surface area (Å²) >= 11 is 0. The number of hydrogen-bond donors (Lipinski definition) is 2. The van der Waals surface area contributed by atoms with Gasteiger partial charge in [-0.2, -0.15) is 0 Å². The lowest BCUT2D eigenvalue weighted by Crippen LogP contribution is -2.36. The second kappa shape index (κ2) is 7.07. The number of rotatable bonds is 4. The van der Waals surface area contributed by atoms with Crippen LogP contribution in [-0.2, 0) is 15.6 Å². The molecule has 5 heteroatoms. The van der Waals surface area contributed by atoms with Crippen LogP contribution in [0.5, 0.6) is 0 Å². The number of anilines is 2. The van der Waals surface area contributed by atoms with Gasteiger partial charge in [0.2, 0.25) is 5.91 Å². The number of nitrogens with two attached hydrogens (primary N) is 1. The maximum atomic E-state index is 12.6. The highest BCUT2D eigenvalue weighted by Gasteiger charge is 2.30. The van der Waals surface area contributed by atoms with Crippen molar-refractivity contribution in [1.29, 1.82) is 0 Å². The molecule has 21 heavy (non-hydrogen) atoms. The number of amides is 1. The molecule has 0 aromatic heterocycles. The number of carbonyl (C=O) groups is 1. The van der Waals surface area contributed by atoms with E-state index in [9.17, 15) is 9.00 Å². The molecule has 0 spiro atoms. The van der Waals surface area contributed by atoms with Crippen molar-refractivity contribution in [1.82, 2.24) is 0 Å². The monoisotopic (exact) mass is 308 g/mol. The summed E-state index contributed by atoms with van der Waals surface area (Å²) in [4.78, 5) is 12.2. The highest BCUT2D eigenvalue weighted by Crippen LogP contribution is 2.28. The summed E-state index contributed by atoms with van der Waals surface area (Å²) in [5, 5.41) is 2.45. The van der Waals surface area contributed by atoms with Crippen molar-refractivity contribution < 1.29 is 9.00 Å². The fourth-order valence-electron chi connectivity index (χ4n) is 2.84. The first-order valence-electron chi connectivity index (χ1n) is 7.53. The van der Waals surface area contributed by atoms with Crippen molar-refractivity contribution >= 4 is 28.1 Å². The Hall–Kier alpha value is -1.36. The van der Waals surface area contributed by atoms with E-state index in [2.05, 4.69) is 12.2 Å². The van der Waals surface area contributed by atoms with Crippen molar-refractivity contribution in [2.75, 3.05) is 11.1 Å². The Morgan fingerprint density at radius 2 is 2.19 bits per heavy atom. The third-order valence-electron chi connectivity index (χ3n) is 4.09. The van der Waals surface area contributed by atoms with E-state index in [0.717, 1.165) is 19.3 Å². The molecule has 1 aliphatic carbocycles. The Morgan fingerprint density at radius 3 is 2.86 bits per heavy atom. The van der Waals surface area contributed by atoms with E-state index in [1.807, 2.05) is 0 Å². The second-order valence-electron chi connectivity index (χ2n) is 5.98. The van der Waals surface area contributed by atoms with Crippen molar-refractivity contribution in [2.24, 2.45) is 5.92 Å². The maximum absolute atomic E-state index is 12.6. The topological polar surface area (TPSA) is 72.2 Å². The van der Waals surface area contributed by atoms with Gasteiger partial charge in [0.15, 0.2) is 0 Å². The maximum Gasteiger partial charge on any atom is 0.239 e. The number of benzene rings is 1. The third kappa shape index (κ3) is 4.30. The molecule has 3 N–H and O–H groups in total. The van der Waals surface area contributed by atoms with E-state index in [0.29, 0.717) is 17.3 Å². The molecule has 0 saturated heterocycles. The molecule has 1 aliphatic rings. The van der Waals surface area contributed by atoms with Crippen LogP contribution in [-0.4, -0.2) is 20.6 Å². The Balaban J connectivity index is 1.96. The van der Waals surface area contributed by atoms with E-state index in [1.54, 1.807) is 31.2 Å². The SMILES string of the molecule is CC1CCCC(S(=O)C(C)C(=O)Nc2cccc(N)c2)C1. The molecular formula is C16H24N2O2S. The molecule has 4 nitrogen and oxygen atoms in total. The molecule has 1 aromatic carbocycles. The van der Waals surface area contributed by atoms with Gasteiger partial charge in [0.25, 0.3) is 0 Å². The van der Waals surface area contributed by atoms with Crippen LogP contribution in [0.3, 0.4) is 0 Å². The van der Waals surface area contributed by atoms with Gasteiger partial charge >= 0.3 is 0 Å². The summed E-state index contributed by atoms with van der Waals surface area (Å²) in [7, 11) is -1.12. The number of hydrogen-bond acceptors (Lipinski definition) is 3. The molecular weight excluding hydrogens is 284 g/mol. The van der Waals surface area contributed by atoms with Gasteiger partial charge < -0.3 is 11.1 Å². The predicted octanol–water partition coefficient (Wildman–Crippen LogP) is 2.92. The minimum absolute atomic E-state index is 0.148. The molecule has 0 bridgehead atoms. The van der Waals surface area contributed by atoms with Crippen LogP contribution in [0.25, 0.3) is 0 Å². The molecule has 4 atom stereocenters. The number of carbonyl (C=O) groups excluding carboxylic acids is 1. The van der Waals surface area contributed by atoms with Gasteiger partial charge in [0.05, 0.1) is 0 Å². The molecule has 1 aromatic rings. The zero-order chi connectivity index (χ0) is 15.4.